The van der Waals surface area contributed by atoms with Crippen molar-refractivity contribution in [3.8, 4) is 5.75 Å². The Kier molecular flexibility index (Phi) is 9.39. The zero-order valence-corrected chi connectivity index (χ0v) is 14.1. The number of hydrogen-bond donors (Lipinski definition) is 3. The molecule has 1 fully saturated rings. The minimum Gasteiger partial charge on any atom is -0.478 e. The summed E-state index contributed by atoms with van der Waals surface area (Å²) in [5.41, 5.74) is 1.13. The number of nitrogens with one attached hydrogen (secondary N) is 1. The monoisotopic (exact) mass is 349 g/mol. The molecule has 1 aromatic rings. The summed E-state index contributed by atoms with van der Waals surface area (Å²) in [4.78, 5) is 25.7. The van der Waals surface area contributed by atoms with Gasteiger partial charge in [-0.2, -0.15) is 0 Å². The van der Waals surface area contributed by atoms with Crippen molar-refractivity contribution < 1.29 is 24.5 Å². The number of hydrogen-bond acceptors (Lipinski definition) is 6. The molecule has 0 aromatic carbocycles. The highest BCUT2D eigenvalue weighted by molar-refractivity contribution is 5.89. The van der Waals surface area contributed by atoms with E-state index in [2.05, 4.69) is 15.2 Å². The summed E-state index contributed by atoms with van der Waals surface area (Å²) in [6, 6.07) is 2.04. The Balaban J connectivity index is 0.000000333. The lowest BCUT2D eigenvalue weighted by Gasteiger charge is -2.22. The van der Waals surface area contributed by atoms with Gasteiger partial charge in [0.05, 0.1) is 24.3 Å². The molecule has 2 heterocycles. The van der Waals surface area contributed by atoms with Crippen LogP contribution in [0.1, 0.15) is 13.3 Å². The Hall–Kier alpha value is -2.87. The van der Waals surface area contributed by atoms with Gasteiger partial charge in [0.15, 0.2) is 0 Å². The highest BCUT2D eigenvalue weighted by Gasteiger charge is 2.10. The number of nitrogens with zero attached hydrogens (tertiary/aromatic N) is 2. The van der Waals surface area contributed by atoms with Gasteiger partial charge < -0.3 is 25.2 Å². The van der Waals surface area contributed by atoms with Gasteiger partial charge in [-0.05, 0) is 19.9 Å². The predicted octanol–water partition coefficient (Wildman–Crippen LogP) is 1.51. The maximum Gasteiger partial charge on any atom is 0.328 e. The molecule has 1 aromatic heterocycles. The van der Waals surface area contributed by atoms with Crippen LogP contribution in [0.2, 0.25) is 0 Å². The van der Waals surface area contributed by atoms with Crippen LogP contribution in [0.25, 0.3) is 0 Å². The van der Waals surface area contributed by atoms with Crippen LogP contribution < -0.4 is 15.0 Å². The first-order chi connectivity index (χ1) is 12.0. The lowest BCUT2D eigenvalue weighted by atomic mass is 10.3. The summed E-state index contributed by atoms with van der Waals surface area (Å²) in [6.45, 7) is 6.15. The molecule has 1 aliphatic heterocycles. The second-order valence-electron chi connectivity index (χ2n) is 5.07. The van der Waals surface area contributed by atoms with Crippen LogP contribution in [0.15, 0.2) is 43.0 Å². The Labute approximate surface area is 146 Å². The van der Waals surface area contributed by atoms with Gasteiger partial charge in [-0.15, -0.1) is 0 Å². The molecule has 1 saturated heterocycles. The van der Waals surface area contributed by atoms with E-state index in [1.165, 1.54) is 6.42 Å². The third-order valence-corrected chi connectivity index (χ3v) is 3.11. The molecule has 1 aliphatic rings. The SMILES string of the molecule is C/C=C\Oc1cncc(N2CCCNCC2)c1.O=C(O)/C=C/C(=O)O. The molecular weight excluding hydrogens is 326 g/mol. The van der Waals surface area contributed by atoms with Crippen molar-refractivity contribution in [3.05, 3.63) is 43.0 Å². The van der Waals surface area contributed by atoms with Gasteiger partial charge in [-0.1, -0.05) is 6.08 Å². The highest BCUT2D eigenvalue weighted by atomic mass is 16.5. The molecule has 8 nitrogen and oxygen atoms in total. The molecule has 136 valence electrons. The fourth-order valence-electron chi connectivity index (χ4n) is 2.04. The van der Waals surface area contributed by atoms with Gasteiger partial charge in [-0.25, -0.2) is 9.59 Å². The average Bonchev–Trinajstić information content (AvgIpc) is 2.88. The van der Waals surface area contributed by atoms with E-state index < -0.39 is 11.9 Å². The van der Waals surface area contributed by atoms with Crippen molar-refractivity contribution in [2.45, 2.75) is 13.3 Å². The lowest BCUT2D eigenvalue weighted by Crippen LogP contribution is -2.27. The van der Waals surface area contributed by atoms with Crippen LogP contribution in [0, 0.1) is 0 Å². The van der Waals surface area contributed by atoms with Crippen LogP contribution in [0.5, 0.6) is 5.75 Å². The van der Waals surface area contributed by atoms with Crippen molar-refractivity contribution in [3.63, 3.8) is 0 Å². The molecule has 0 atom stereocenters. The Bertz CT molecular complexity index is 592. The first-order valence-corrected chi connectivity index (χ1v) is 7.85. The first-order valence-electron chi connectivity index (χ1n) is 7.85. The molecule has 0 radical (unpaired) electrons. The number of anilines is 1. The molecular formula is C17H23N3O5. The van der Waals surface area contributed by atoms with Gasteiger partial charge in [0.25, 0.3) is 0 Å². The van der Waals surface area contributed by atoms with Crippen molar-refractivity contribution in [2.75, 3.05) is 31.1 Å². The zero-order chi connectivity index (χ0) is 18.5. The molecule has 25 heavy (non-hydrogen) atoms. The summed E-state index contributed by atoms with van der Waals surface area (Å²) >= 11 is 0. The van der Waals surface area contributed by atoms with Gasteiger partial charge >= 0.3 is 11.9 Å². The van der Waals surface area contributed by atoms with E-state index in [-0.39, 0.29) is 0 Å². The van der Waals surface area contributed by atoms with E-state index >= 15 is 0 Å². The molecule has 0 unspecified atom stereocenters. The average molecular weight is 349 g/mol. The number of carbonyl (C=O) groups is 2. The summed E-state index contributed by atoms with van der Waals surface area (Å²) in [6.07, 6.45) is 9.45. The van der Waals surface area contributed by atoms with Crippen LogP contribution in [-0.2, 0) is 9.59 Å². The molecule has 0 spiro atoms. The maximum absolute atomic E-state index is 9.55. The normalized spacial score (nSPS) is 14.7. The second-order valence-corrected chi connectivity index (χ2v) is 5.07. The highest BCUT2D eigenvalue weighted by Crippen LogP contribution is 2.20. The number of ether oxygens (including phenoxy) is 1. The second kappa shape index (κ2) is 11.6. The zero-order valence-electron chi connectivity index (χ0n) is 14.1. The Morgan fingerprint density at radius 3 is 2.56 bits per heavy atom. The molecule has 0 aliphatic carbocycles. The summed E-state index contributed by atoms with van der Waals surface area (Å²) in [5.74, 6) is -1.72. The molecule has 0 bridgehead atoms. The Morgan fingerprint density at radius 1 is 1.20 bits per heavy atom. The number of carboxylic acid groups (broad SMARTS) is 2. The van der Waals surface area contributed by atoms with Gasteiger partial charge in [0.1, 0.15) is 5.75 Å². The summed E-state index contributed by atoms with van der Waals surface area (Å²) in [7, 11) is 0. The van der Waals surface area contributed by atoms with E-state index in [9.17, 15) is 9.59 Å². The van der Waals surface area contributed by atoms with Crippen molar-refractivity contribution >= 4 is 17.6 Å². The molecule has 0 saturated carbocycles. The van der Waals surface area contributed by atoms with E-state index in [0.717, 1.165) is 37.6 Å². The fourth-order valence-corrected chi connectivity index (χ4v) is 2.04. The fraction of sp³-hybridized carbons (Fsp3) is 0.353. The number of aliphatic carboxylic acids is 2. The molecule has 0 amide bonds. The largest absolute Gasteiger partial charge is 0.478 e. The minimum absolute atomic E-state index is 0.558. The van der Waals surface area contributed by atoms with E-state index in [1.807, 2.05) is 25.3 Å². The van der Waals surface area contributed by atoms with Crippen molar-refractivity contribution in [2.24, 2.45) is 0 Å². The minimum atomic E-state index is -1.26. The van der Waals surface area contributed by atoms with Crippen molar-refractivity contribution in [1.29, 1.82) is 0 Å². The van der Waals surface area contributed by atoms with E-state index in [4.69, 9.17) is 14.9 Å². The lowest BCUT2D eigenvalue weighted by molar-refractivity contribution is -0.134. The third kappa shape index (κ3) is 9.11. The molecule has 3 N–H and O–H groups in total. The van der Waals surface area contributed by atoms with Crippen LogP contribution >= 0.6 is 0 Å². The smallest absolute Gasteiger partial charge is 0.328 e. The maximum atomic E-state index is 9.55. The first kappa shape index (κ1) is 20.2. The quantitative estimate of drug-likeness (QED) is 0.542. The summed E-state index contributed by atoms with van der Waals surface area (Å²) in [5, 5.41) is 19.0. The number of carboxylic acids is 2. The topological polar surface area (TPSA) is 112 Å². The standard InChI is InChI=1S/C13H19N3O.C4H4O4/c1-2-8-17-13-9-12(10-15-11-13)16-6-3-4-14-5-7-16;5-3(6)1-2-4(7)8/h2,8-11,14H,3-7H2,1H3;1-2H,(H,5,6)(H,7,8)/b8-2-;2-1+. The van der Waals surface area contributed by atoms with Gasteiger partial charge in [0, 0.05) is 37.9 Å². The van der Waals surface area contributed by atoms with Gasteiger partial charge in [-0.3, -0.25) is 4.98 Å². The van der Waals surface area contributed by atoms with Gasteiger partial charge in [0.2, 0.25) is 0 Å². The number of rotatable bonds is 5. The number of pyridine rings is 1. The van der Waals surface area contributed by atoms with Crippen LogP contribution in [-0.4, -0.2) is 53.3 Å². The number of aromatic nitrogens is 1. The number of allylic oxidation sites excluding steroid dienone is 1. The van der Waals surface area contributed by atoms with E-state index in [0.29, 0.717) is 12.2 Å². The molecule has 8 heteroatoms. The van der Waals surface area contributed by atoms with E-state index in [1.54, 1.807) is 12.5 Å². The third-order valence-electron chi connectivity index (χ3n) is 3.11. The Morgan fingerprint density at radius 2 is 1.92 bits per heavy atom. The predicted molar refractivity (Wildman–Crippen MR) is 93.8 cm³/mol. The van der Waals surface area contributed by atoms with Crippen LogP contribution in [0.4, 0.5) is 5.69 Å². The summed E-state index contributed by atoms with van der Waals surface area (Å²) < 4.78 is 5.43. The molecule has 2 rings (SSSR count). The van der Waals surface area contributed by atoms with Crippen LogP contribution in [0.3, 0.4) is 0 Å². The van der Waals surface area contributed by atoms with Crippen molar-refractivity contribution in [1.82, 2.24) is 10.3 Å².